The molecule has 0 radical (unpaired) electrons. The van der Waals surface area contributed by atoms with Gasteiger partial charge >= 0.3 is 0 Å². The van der Waals surface area contributed by atoms with Crippen LogP contribution in [0.25, 0.3) is 72.3 Å². The van der Waals surface area contributed by atoms with E-state index >= 15 is 0 Å². The van der Waals surface area contributed by atoms with Gasteiger partial charge in [0.15, 0.2) is 0 Å². The van der Waals surface area contributed by atoms with Gasteiger partial charge in [-0.2, -0.15) is 34.8 Å². The SMILES string of the molecule is [2H]c1c([2H])c([2H])c(-c2cccc(-c3c([2H])c([2H])c([2H])c([2H])c3[2H])c2-[n+]2[c-]n(-c3[c-]c(N(c4[c-]c5c(cc4)c4ccccc4n5-c4cc(C(C)(C)C)ccn4)c4c(C#N)cccc4C#N)ccc3)c3ccccc32)c([2H])c1[2H].[Pt]. The Kier molecular flexibility index (Phi) is 8.68. The molecule has 328 valence electrons. The predicted molar refractivity (Wildman–Crippen MR) is 267 cm³/mol. The minimum absolute atomic E-state index is 0. The molecule has 0 aliphatic heterocycles. The number of nitrogens with zero attached hydrogens (tertiary/aromatic N) is 7. The van der Waals surface area contributed by atoms with Crippen LogP contribution in [-0.2, 0) is 26.5 Å². The van der Waals surface area contributed by atoms with Crippen molar-refractivity contribution in [2.45, 2.75) is 26.2 Å². The smallest absolute Gasteiger partial charge is 0.268 e. The number of pyridine rings is 1. The minimum atomic E-state index is -0.602. The average molecular weight is 1070 g/mol. The van der Waals surface area contributed by atoms with Crippen LogP contribution in [0.1, 0.15) is 51.2 Å². The number of benzene rings is 8. The van der Waals surface area contributed by atoms with Gasteiger partial charge in [-0.05, 0) is 74.6 Å². The maximum absolute atomic E-state index is 10.7. The van der Waals surface area contributed by atoms with Gasteiger partial charge in [-0.3, -0.25) is 4.57 Å². The fourth-order valence-corrected chi connectivity index (χ4v) is 8.66. The molecule has 3 aromatic heterocycles. The van der Waals surface area contributed by atoms with Crippen LogP contribution in [0.4, 0.5) is 17.1 Å². The molecule has 0 saturated heterocycles. The number of fused-ring (bicyclic) bond motifs is 4. The van der Waals surface area contributed by atoms with E-state index in [1.54, 1.807) is 87.0 Å². The van der Waals surface area contributed by atoms with Crippen molar-refractivity contribution in [1.82, 2.24) is 14.1 Å². The average Bonchev–Trinajstić information content (AvgIpc) is 4.20. The quantitative estimate of drug-likeness (QED) is 0.112. The van der Waals surface area contributed by atoms with Crippen LogP contribution in [0.3, 0.4) is 0 Å². The molecule has 68 heavy (non-hydrogen) atoms. The Balaban J connectivity index is 0.00000688. The molecule has 0 atom stereocenters. The Hall–Kier alpha value is -8.35. The summed E-state index contributed by atoms with van der Waals surface area (Å²) in [5, 5.41) is 23.3. The van der Waals surface area contributed by atoms with Gasteiger partial charge in [-0.25, -0.2) is 4.98 Å². The van der Waals surface area contributed by atoms with E-state index in [2.05, 4.69) is 62.0 Å². The predicted octanol–water partition coefficient (Wildman–Crippen LogP) is 13.6. The first-order valence-corrected chi connectivity index (χ1v) is 21.4. The second-order valence-corrected chi connectivity index (χ2v) is 16.8. The van der Waals surface area contributed by atoms with E-state index in [0.717, 1.165) is 21.9 Å². The van der Waals surface area contributed by atoms with Crippen LogP contribution in [0.15, 0.2) is 194 Å². The summed E-state index contributed by atoms with van der Waals surface area (Å²) in [5.74, 6) is 0.679. The third-order valence-electron chi connectivity index (χ3n) is 11.8. The van der Waals surface area contributed by atoms with Crippen molar-refractivity contribution in [2.75, 3.05) is 4.90 Å². The van der Waals surface area contributed by atoms with Crippen molar-refractivity contribution in [2.24, 2.45) is 0 Å². The van der Waals surface area contributed by atoms with Crippen molar-refractivity contribution in [3.05, 3.63) is 229 Å². The maximum atomic E-state index is 10.7. The number of anilines is 3. The van der Waals surface area contributed by atoms with Crippen LogP contribution >= 0.6 is 0 Å². The molecular formula is C60H41N7Pt-2. The van der Waals surface area contributed by atoms with Crippen molar-refractivity contribution < 1.29 is 39.3 Å². The van der Waals surface area contributed by atoms with Crippen molar-refractivity contribution >= 4 is 49.9 Å². The number of imidazole rings is 1. The fraction of sp³-hybridized carbons (Fsp3) is 0.0667. The zero-order valence-corrected chi connectivity index (χ0v) is 38.9. The van der Waals surface area contributed by atoms with Crippen molar-refractivity contribution in [3.63, 3.8) is 0 Å². The summed E-state index contributed by atoms with van der Waals surface area (Å²) < 4.78 is 93.1. The minimum Gasteiger partial charge on any atom is -0.357 e. The number of rotatable bonds is 8. The molecule has 0 unspecified atom stereocenters. The zero-order valence-electron chi connectivity index (χ0n) is 46.6. The van der Waals surface area contributed by atoms with E-state index in [0.29, 0.717) is 39.4 Å². The summed E-state index contributed by atoms with van der Waals surface area (Å²) in [4.78, 5) is 6.63. The van der Waals surface area contributed by atoms with Crippen LogP contribution in [0.5, 0.6) is 0 Å². The van der Waals surface area contributed by atoms with Gasteiger partial charge < -0.3 is 14.0 Å². The summed E-state index contributed by atoms with van der Waals surface area (Å²) in [6.07, 6.45) is 5.22. The molecule has 0 fully saturated rings. The molecule has 3 heterocycles. The molecular weight excluding hydrogens is 1010 g/mol. The van der Waals surface area contributed by atoms with E-state index in [4.69, 9.17) is 18.7 Å². The molecule has 8 heteroatoms. The number of nitriles is 2. The van der Waals surface area contributed by atoms with Crippen LogP contribution < -0.4 is 9.47 Å². The topological polar surface area (TPSA) is 77.4 Å². The molecule has 7 nitrogen and oxygen atoms in total. The fourth-order valence-electron chi connectivity index (χ4n) is 8.66. The molecule has 0 spiro atoms. The summed E-state index contributed by atoms with van der Waals surface area (Å²) in [6.45, 7) is 6.43. The van der Waals surface area contributed by atoms with Gasteiger partial charge in [-0.15, -0.1) is 23.6 Å². The van der Waals surface area contributed by atoms with Crippen molar-refractivity contribution in [1.29, 1.82) is 10.5 Å². The molecule has 0 aliphatic rings. The van der Waals surface area contributed by atoms with Crippen LogP contribution in [-0.4, -0.2) is 14.1 Å². The summed E-state index contributed by atoms with van der Waals surface area (Å²) in [6, 6.07) is 44.4. The second kappa shape index (κ2) is 17.8. The number of para-hydroxylation sites is 5. The molecule has 11 aromatic rings. The molecule has 8 aromatic carbocycles. The van der Waals surface area contributed by atoms with Gasteiger partial charge in [0.1, 0.15) is 18.0 Å². The van der Waals surface area contributed by atoms with E-state index < -0.39 is 60.4 Å². The van der Waals surface area contributed by atoms with E-state index in [1.807, 2.05) is 54.6 Å². The molecule has 0 aliphatic carbocycles. The first kappa shape index (κ1) is 33.2. The Bertz CT molecular complexity index is 4220. The summed E-state index contributed by atoms with van der Waals surface area (Å²) >= 11 is 0. The van der Waals surface area contributed by atoms with Crippen molar-refractivity contribution in [3.8, 4) is 51.6 Å². The summed E-state index contributed by atoms with van der Waals surface area (Å²) in [5.41, 5.74) is 5.38. The largest absolute Gasteiger partial charge is 0.357 e. The van der Waals surface area contributed by atoms with Gasteiger partial charge in [0.05, 0.1) is 47.2 Å². The van der Waals surface area contributed by atoms with Gasteiger partial charge in [0, 0.05) is 32.8 Å². The standard InChI is InChI=1S/C60H41N7.Pt/c1-60(2,3)45-33-34-63-57(35-45)67-53-28-11-10-25-51(53)52-32-31-48(37-56(52)67)66(58-43(38-61)21-14-22-44(58)39-62)47-24-15-23-46(36-47)64-40-65(55-30-13-12-29-54(55)64)59-49(41-17-6-4-7-18-41)26-16-27-50(59)42-19-8-5-9-20-42;/h4-35H,1-3H3;/q-2;/i4D,5D,6D,7D,8D,9D,17D,18D,19D,20D;. The Morgan fingerprint density at radius 3 is 1.94 bits per heavy atom. The third-order valence-corrected chi connectivity index (χ3v) is 11.8. The third kappa shape index (κ3) is 7.54. The van der Waals surface area contributed by atoms with E-state index in [1.165, 1.54) is 0 Å². The van der Waals surface area contributed by atoms with Crippen LogP contribution in [0.2, 0.25) is 0 Å². The number of hydrogen-bond acceptors (Lipinski definition) is 4. The number of hydrogen-bond donors (Lipinski definition) is 0. The second-order valence-electron chi connectivity index (χ2n) is 16.8. The zero-order chi connectivity index (χ0) is 54.4. The molecule has 0 bridgehead atoms. The molecule has 0 saturated carbocycles. The van der Waals surface area contributed by atoms with Gasteiger partial charge in [-0.1, -0.05) is 165 Å². The summed E-state index contributed by atoms with van der Waals surface area (Å²) in [7, 11) is 0. The Morgan fingerprint density at radius 1 is 0.647 bits per heavy atom. The van der Waals surface area contributed by atoms with Crippen LogP contribution in [0, 0.1) is 41.1 Å². The maximum Gasteiger partial charge on any atom is 0.268 e. The monoisotopic (exact) mass is 1060 g/mol. The molecule has 0 amide bonds. The first-order chi connectivity index (χ1) is 36.9. The van der Waals surface area contributed by atoms with Gasteiger partial charge in [0.2, 0.25) is 0 Å². The van der Waals surface area contributed by atoms with Gasteiger partial charge in [0.25, 0.3) is 6.33 Å². The Morgan fingerprint density at radius 2 is 1.26 bits per heavy atom. The Labute approximate surface area is 424 Å². The normalized spacial score (nSPS) is 13.4. The van der Waals surface area contributed by atoms with E-state index in [9.17, 15) is 10.5 Å². The molecule has 11 rings (SSSR count). The molecule has 0 N–H and O–H groups in total. The first-order valence-electron chi connectivity index (χ1n) is 26.4. The number of aromatic nitrogens is 4. The van der Waals surface area contributed by atoms with E-state index in [-0.39, 0.29) is 71.2 Å².